The van der Waals surface area contributed by atoms with E-state index in [1.165, 1.54) is 7.11 Å². The van der Waals surface area contributed by atoms with Gasteiger partial charge in [0.25, 0.3) is 6.43 Å². The molecule has 0 aliphatic carbocycles. The first-order valence-electron chi connectivity index (χ1n) is 4.15. The van der Waals surface area contributed by atoms with E-state index in [2.05, 4.69) is 4.98 Å². The number of halogens is 2. The van der Waals surface area contributed by atoms with E-state index in [0.29, 0.717) is 5.13 Å². The number of aromatic nitrogens is 1. The molecular formula is C8H12F2N2O2S. The molecule has 7 heteroatoms. The number of aliphatic hydroxyl groups is 1. The SMILES string of the molecule is COc1nc(N(C)C)sc1C(O)C(F)F. The lowest BCUT2D eigenvalue weighted by Gasteiger charge is -2.07. The van der Waals surface area contributed by atoms with Crippen molar-refractivity contribution >= 4 is 16.5 Å². The number of thiazole rings is 1. The average Bonchev–Trinajstić information content (AvgIpc) is 2.59. The number of anilines is 1. The Morgan fingerprint density at radius 1 is 1.47 bits per heavy atom. The molecular weight excluding hydrogens is 226 g/mol. The van der Waals surface area contributed by atoms with Crippen molar-refractivity contribution in [1.29, 1.82) is 0 Å². The van der Waals surface area contributed by atoms with Crippen LogP contribution in [0.1, 0.15) is 11.0 Å². The lowest BCUT2D eigenvalue weighted by molar-refractivity contribution is -0.00500. The Balaban J connectivity index is 3.05. The largest absolute Gasteiger partial charge is 0.480 e. The van der Waals surface area contributed by atoms with Gasteiger partial charge in [0.1, 0.15) is 4.88 Å². The van der Waals surface area contributed by atoms with Gasteiger partial charge in [-0.15, -0.1) is 0 Å². The third kappa shape index (κ3) is 2.54. The maximum atomic E-state index is 12.3. The van der Waals surface area contributed by atoms with Crippen LogP contribution in [0.2, 0.25) is 0 Å². The summed E-state index contributed by atoms with van der Waals surface area (Å²) in [5.41, 5.74) is 0. The maximum Gasteiger partial charge on any atom is 0.269 e. The van der Waals surface area contributed by atoms with E-state index in [4.69, 9.17) is 4.74 Å². The fourth-order valence-electron chi connectivity index (χ4n) is 0.946. The zero-order valence-corrected chi connectivity index (χ0v) is 9.39. The third-order valence-corrected chi connectivity index (χ3v) is 2.97. The van der Waals surface area contributed by atoms with E-state index in [-0.39, 0.29) is 10.8 Å². The predicted octanol–water partition coefficient (Wildman–Crippen LogP) is 1.52. The molecule has 0 saturated heterocycles. The van der Waals surface area contributed by atoms with Crippen LogP contribution in [0.5, 0.6) is 5.88 Å². The molecule has 0 radical (unpaired) electrons. The summed E-state index contributed by atoms with van der Waals surface area (Å²) in [6, 6.07) is 0. The van der Waals surface area contributed by atoms with Crippen LogP contribution in [0.25, 0.3) is 0 Å². The Bertz CT molecular complexity index is 330. The number of aliphatic hydroxyl groups excluding tert-OH is 1. The smallest absolute Gasteiger partial charge is 0.269 e. The van der Waals surface area contributed by atoms with Crippen LogP contribution in [0.15, 0.2) is 0 Å². The highest BCUT2D eigenvalue weighted by Crippen LogP contribution is 2.37. The molecule has 0 amide bonds. The van der Waals surface area contributed by atoms with E-state index in [1.807, 2.05) is 0 Å². The molecule has 0 aromatic carbocycles. The minimum atomic E-state index is -2.84. The first-order valence-corrected chi connectivity index (χ1v) is 4.97. The minimum absolute atomic E-state index is 0.0520. The quantitative estimate of drug-likeness (QED) is 0.863. The van der Waals surface area contributed by atoms with Crippen LogP contribution in [0, 0.1) is 0 Å². The summed E-state index contributed by atoms with van der Waals surface area (Å²) in [4.78, 5) is 5.67. The van der Waals surface area contributed by atoms with Crippen molar-refractivity contribution < 1.29 is 18.6 Å². The van der Waals surface area contributed by atoms with Crippen LogP contribution in [0.3, 0.4) is 0 Å². The zero-order chi connectivity index (χ0) is 11.6. The van der Waals surface area contributed by atoms with E-state index in [9.17, 15) is 13.9 Å². The van der Waals surface area contributed by atoms with Gasteiger partial charge in [-0.25, -0.2) is 8.78 Å². The van der Waals surface area contributed by atoms with Crippen molar-refractivity contribution in [2.45, 2.75) is 12.5 Å². The molecule has 1 atom stereocenters. The molecule has 1 rings (SSSR count). The van der Waals surface area contributed by atoms with Crippen molar-refractivity contribution in [3.05, 3.63) is 4.88 Å². The van der Waals surface area contributed by atoms with Crippen LogP contribution < -0.4 is 9.64 Å². The molecule has 0 aliphatic heterocycles. The lowest BCUT2D eigenvalue weighted by Crippen LogP contribution is -2.07. The first-order chi connectivity index (χ1) is 6.97. The summed E-state index contributed by atoms with van der Waals surface area (Å²) in [5, 5.41) is 9.74. The Morgan fingerprint density at radius 2 is 2.07 bits per heavy atom. The van der Waals surface area contributed by atoms with Gasteiger partial charge >= 0.3 is 0 Å². The molecule has 4 nitrogen and oxygen atoms in total. The highest BCUT2D eigenvalue weighted by Gasteiger charge is 2.27. The number of rotatable bonds is 4. The van der Waals surface area contributed by atoms with Crippen molar-refractivity contribution in [3.63, 3.8) is 0 Å². The second-order valence-electron chi connectivity index (χ2n) is 3.04. The molecule has 1 aromatic rings. The Kier molecular flexibility index (Phi) is 3.81. The minimum Gasteiger partial charge on any atom is -0.480 e. The van der Waals surface area contributed by atoms with E-state index in [0.717, 1.165) is 11.3 Å². The van der Waals surface area contributed by atoms with Gasteiger partial charge in [-0.3, -0.25) is 0 Å². The summed E-state index contributed by atoms with van der Waals surface area (Å²) >= 11 is 0.988. The van der Waals surface area contributed by atoms with Gasteiger partial charge < -0.3 is 14.7 Å². The Labute approximate surface area is 90.1 Å². The number of hydrogen-bond acceptors (Lipinski definition) is 5. The normalized spacial score (nSPS) is 13.0. The molecule has 86 valence electrons. The van der Waals surface area contributed by atoms with E-state index >= 15 is 0 Å². The number of hydrogen-bond donors (Lipinski definition) is 1. The summed E-state index contributed by atoms with van der Waals surface area (Å²) in [6.07, 6.45) is -4.68. The average molecular weight is 238 g/mol. The molecule has 1 N–H and O–H groups in total. The van der Waals surface area contributed by atoms with Crippen molar-refractivity contribution in [1.82, 2.24) is 4.98 Å². The van der Waals surface area contributed by atoms with Crippen LogP contribution in [-0.4, -0.2) is 37.7 Å². The molecule has 0 spiro atoms. The lowest BCUT2D eigenvalue weighted by atomic mass is 10.3. The van der Waals surface area contributed by atoms with Crippen molar-refractivity contribution in [2.75, 3.05) is 26.1 Å². The molecule has 0 fully saturated rings. The van der Waals surface area contributed by atoms with Gasteiger partial charge in [-0.2, -0.15) is 4.98 Å². The fourth-order valence-corrected chi connectivity index (χ4v) is 1.89. The van der Waals surface area contributed by atoms with Gasteiger partial charge in [-0.05, 0) is 0 Å². The van der Waals surface area contributed by atoms with Gasteiger partial charge in [0.2, 0.25) is 5.88 Å². The number of ether oxygens (including phenoxy) is 1. The summed E-state index contributed by atoms with van der Waals surface area (Å²) in [5.74, 6) is 0.0523. The highest BCUT2D eigenvalue weighted by molar-refractivity contribution is 7.16. The first kappa shape index (κ1) is 12.1. The Hall–Kier alpha value is -0.950. The number of methoxy groups -OCH3 is 1. The third-order valence-electron chi connectivity index (χ3n) is 1.69. The number of nitrogens with zero attached hydrogens (tertiary/aromatic N) is 2. The standard InChI is InChI=1S/C8H12F2N2O2S/c1-12(2)8-11-7(14-3)5(15-8)4(13)6(9)10/h4,6,13H,1-3H3. The van der Waals surface area contributed by atoms with Gasteiger partial charge in [0.15, 0.2) is 11.2 Å². The Morgan fingerprint density at radius 3 is 2.47 bits per heavy atom. The van der Waals surface area contributed by atoms with Crippen LogP contribution in [-0.2, 0) is 0 Å². The van der Waals surface area contributed by atoms with E-state index < -0.39 is 12.5 Å². The highest BCUT2D eigenvalue weighted by atomic mass is 32.1. The number of alkyl halides is 2. The topological polar surface area (TPSA) is 45.6 Å². The fraction of sp³-hybridized carbons (Fsp3) is 0.625. The van der Waals surface area contributed by atoms with Crippen molar-refractivity contribution in [2.24, 2.45) is 0 Å². The molecule has 1 heterocycles. The summed E-state index contributed by atoms with van der Waals surface area (Å²) < 4.78 is 29.4. The summed E-state index contributed by atoms with van der Waals surface area (Å²) in [7, 11) is 4.80. The van der Waals surface area contributed by atoms with Gasteiger partial charge in [-0.1, -0.05) is 11.3 Å². The molecule has 0 bridgehead atoms. The molecule has 0 aliphatic rings. The van der Waals surface area contributed by atoms with Crippen molar-refractivity contribution in [3.8, 4) is 5.88 Å². The molecule has 1 unspecified atom stereocenters. The maximum absolute atomic E-state index is 12.3. The monoisotopic (exact) mass is 238 g/mol. The van der Waals surface area contributed by atoms with Gasteiger partial charge in [0.05, 0.1) is 7.11 Å². The molecule has 0 saturated carbocycles. The second-order valence-corrected chi connectivity index (χ2v) is 4.05. The molecule has 15 heavy (non-hydrogen) atoms. The molecule has 1 aromatic heterocycles. The predicted molar refractivity (Wildman–Crippen MR) is 54.0 cm³/mol. The zero-order valence-electron chi connectivity index (χ0n) is 8.57. The van der Waals surface area contributed by atoms with Crippen LogP contribution in [0.4, 0.5) is 13.9 Å². The second kappa shape index (κ2) is 4.71. The van der Waals surface area contributed by atoms with E-state index in [1.54, 1.807) is 19.0 Å². The summed E-state index contributed by atoms with van der Waals surface area (Å²) in [6.45, 7) is 0. The van der Waals surface area contributed by atoms with Crippen LogP contribution >= 0.6 is 11.3 Å². The van der Waals surface area contributed by atoms with Gasteiger partial charge in [0, 0.05) is 14.1 Å².